The molecule has 2 N–H and O–H groups in total. The van der Waals surface area contributed by atoms with Gasteiger partial charge in [0.15, 0.2) is 5.58 Å². The molecule has 0 saturated carbocycles. The zero-order valence-electron chi connectivity index (χ0n) is 10.8. The second kappa shape index (κ2) is 4.34. The first kappa shape index (κ1) is 12.0. The van der Waals surface area contributed by atoms with E-state index in [2.05, 4.69) is 10.3 Å². The Kier molecular flexibility index (Phi) is 2.60. The van der Waals surface area contributed by atoms with E-state index >= 15 is 0 Å². The summed E-state index contributed by atoms with van der Waals surface area (Å²) in [5.74, 6) is -0.529. The van der Waals surface area contributed by atoms with Crippen LogP contribution in [0.2, 0.25) is 0 Å². The van der Waals surface area contributed by atoms with Gasteiger partial charge in [0.2, 0.25) is 0 Å². The van der Waals surface area contributed by atoms with E-state index in [0.717, 1.165) is 19.3 Å². The molecule has 2 fully saturated rings. The maximum atomic E-state index is 13.9. The average molecular weight is 278 g/mol. The number of nitrogens with one attached hydrogen (secondary N) is 2. The van der Waals surface area contributed by atoms with Crippen molar-refractivity contribution in [3.63, 3.8) is 0 Å². The van der Waals surface area contributed by atoms with Gasteiger partial charge in [-0.05, 0) is 19.3 Å². The second-order valence-corrected chi connectivity index (χ2v) is 5.59. The Morgan fingerprint density at radius 1 is 1.40 bits per heavy atom. The highest BCUT2D eigenvalue weighted by Gasteiger charge is 2.40. The van der Waals surface area contributed by atoms with Gasteiger partial charge >= 0.3 is 5.76 Å². The number of anilines is 1. The molecule has 20 heavy (non-hydrogen) atoms. The number of hydrogen-bond acceptors (Lipinski definition) is 4. The lowest BCUT2D eigenvalue weighted by atomic mass is 9.89. The van der Waals surface area contributed by atoms with Crippen molar-refractivity contribution in [2.45, 2.75) is 31.5 Å². The molecule has 3 atom stereocenters. The molecule has 1 aromatic heterocycles. The molecule has 106 valence electrons. The highest BCUT2D eigenvalue weighted by atomic mass is 19.1. The minimum atomic E-state index is -0.571. The van der Waals surface area contributed by atoms with Crippen LogP contribution in [0.4, 0.5) is 10.1 Å². The Bertz CT molecular complexity index is 708. The maximum Gasteiger partial charge on any atom is 0.417 e. The van der Waals surface area contributed by atoms with Gasteiger partial charge in [0.25, 0.3) is 0 Å². The molecule has 5 nitrogen and oxygen atoms in total. The topological polar surface area (TPSA) is 67.3 Å². The summed E-state index contributed by atoms with van der Waals surface area (Å²) in [5, 5.41) is 3.11. The van der Waals surface area contributed by atoms with Crippen molar-refractivity contribution in [3.8, 4) is 0 Å². The number of aromatic amines is 1. The van der Waals surface area contributed by atoms with E-state index in [-0.39, 0.29) is 0 Å². The van der Waals surface area contributed by atoms with Crippen LogP contribution in [0, 0.1) is 11.7 Å². The number of oxazole rings is 1. The van der Waals surface area contributed by atoms with Crippen LogP contribution in [0.25, 0.3) is 11.1 Å². The molecule has 3 unspecified atom stereocenters. The first-order valence-electron chi connectivity index (χ1n) is 6.91. The highest BCUT2D eigenvalue weighted by Crippen LogP contribution is 2.38. The van der Waals surface area contributed by atoms with Crippen LogP contribution < -0.4 is 11.1 Å². The second-order valence-electron chi connectivity index (χ2n) is 5.59. The van der Waals surface area contributed by atoms with Gasteiger partial charge in [-0.1, -0.05) is 0 Å². The lowest BCUT2D eigenvalue weighted by Crippen LogP contribution is -2.24. The molecular formula is C14H15FN2O3. The molecule has 0 radical (unpaired) electrons. The standard InChI is InChI=1S/C14H15FN2O3/c15-9-4-11-13(20-14(18)17-11)5-10(9)16-6-7-3-8-1-2-12(7)19-8/h4-5,7-8,12,16H,1-3,6H2,(H,17,18). The molecule has 4 rings (SSSR count). The SMILES string of the molecule is O=c1[nH]c2cc(F)c(NCC3CC4CCC3O4)cc2o1. The van der Waals surface area contributed by atoms with E-state index in [1.54, 1.807) is 0 Å². The summed E-state index contributed by atoms with van der Waals surface area (Å²) in [7, 11) is 0. The molecule has 6 heteroatoms. The molecule has 2 saturated heterocycles. The fraction of sp³-hybridized carbons (Fsp3) is 0.500. The Hall–Kier alpha value is -1.82. The van der Waals surface area contributed by atoms with Gasteiger partial charge < -0.3 is 14.5 Å². The van der Waals surface area contributed by atoms with E-state index in [4.69, 9.17) is 9.15 Å². The van der Waals surface area contributed by atoms with Crippen molar-refractivity contribution in [1.29, 1.82) is 0 Å². The van der Waals surface area contributed by atoms with Crippen LogP contribution in [-0.2, 0) is 4.74 Å². The van der Waals surface area contributed by atoms with Crippen LogP contribution in [-0.4, -0.2) is 23.7 Å². The smallest absolute Gasteiger partial charge is 0.408 e. The van der Waals surface area contributed by atoms with E-state index in [0.29, 0.717) is 41.5 Å². The van der Waals surface area contributed by atoms with E-state index in [1.807, 2.05) is 0 Å². The third kappa shape index (κ3) is 1.91. The molecule has 2 aliphatic heterocycles. The molecule has 2 aliphatic rings. The maximum absolute atomic E-state index is 13.9. The molecule has 3 heterocycles. The van der Waals surface area contributed by atoms with Crippen LogP contribution >= 0.6 is 0 Å². The van der Waals surface area contributed by atoms with Crippen LogP contribution in [0.5, 0.6) is 0 Å². The highest BCUT2D eigenvalue weighted by molar-refractivity contribution is 5.77. The summed E-state index contributed by atoms with van der Waals surface area (Å²) in [6.45, 7) is 0.679. The molecule has 1 aromatic carbocycles. The van der Waals surface area contributed by atoms with Crippen molar-refractivity contribution < 1.29 is 13.5 Å². The number of fused-ring (bicyclic) bond motifs is 3. The molecule has 2 aromatic rings. The number of rotatable bonds is 3. The van der Waals surface area contributed by atoms with Crippen molar-refractivity contribution in [2.75, 3.05) is 11.9 Å². The zero-order chi connectivity index (χ0) is 13.7. The summed E-state index contributed by atoms with van der Waals surface area (Å²) in [6.07, 6.45) is 3.99. The minimum absolute atomic E-state index is 0.310. The Balaban J connectivity index is 1.53. The zero-order valence-corrected chi connectivity index (χ0v) is 10.8. The van der Waals surface area contributed by atoms with Gasteiger partial charge in [-0.25, -0.2) is 9.18 Å². The molecule has 0 aliphatic carbocycles. The van der Waals surface area contributed by atoms with Crippen molar-refractivity contribution >= 4 is 16.8 Å². The van der Waals surface area contributed by atoms with E-state index < -0.39 is 11.6 Å². The fourth-order valence-corrected chi connectivity index (χ4v) is 3.31. The van der Waals surface area contributed by atoms with Crippen LogP contribution in [0.15, 0.2) is 21.3 Å². The molecular weight excluding hydrogens is 263 g/mol. The van der Waals surface area contributed by atoms with E-state index in [9.17, 15) is 9.18 Å². The van der Waals surface area contributed by atoms with Gasteiger partial charge in [-0.3, -0.25) is 4.98 Å². The quantitative estimate of drug-likeness (QED) is 0.903. The number of benzene rings is 1. The first-order valence-corrected chi connectivity index (χ1v) is 6.91. The van der Waals surface area contributed by atoms with Gasteiger partial charge in [0.1, 0.15) is 5.82 Å². The number of aromatic nitrogens is 1. The Morgan fingerprint density at radius 3 is 3.05 bits per heavy atom. The summed E-state index contributed by atoms with van der Waals surface area (Å²) >= 11 is 0. The van der Waals surface area contributed by atoms with Crippen molar-refractivity contribution in [1.82, 2.24) is 4.98 Å². The third-order valence-electron chi connectivity index (χ3n) is 4.30. The summed E-state index contributed by atoms with van der Waals surface area (Å²) in [5.41, 5.74) is 1.10. The Labute approximate surface area is 114 Å². The van der Waals surface area contributed by atoms with E-state index in [1.165, 1.54) is 12.1 Å². The van der Waals surface area contributed by atoms with Gasteiger partial charge in [-0.15, -0.1) is 0 Å². The van der Waals surface area contributed by atoms with Gasteiger partial charge in [0, 0.05) is 24.6 Å². The minimum Gasteiger partial charge on any atom is -0.408 e. The number of H-pyrrole nitrogens is 1. The van der Waals surface area contributed by atoms with Crippen molar-refractivity contribution in [3.05, 3.63) is 28.5 Å². The van der Waals surface area contributed by atoms with Gasteiger partial charge in [-0.2, -0.15) is 0 Å². The summed E-state index contributed by atoms with van der Waals surface area (Å²) in [6, 6.07) is 2.80. The van der Waals surface area contributed by atoms with Crippen molar-refractivity contribution in [2.24, 2.45) is 5.92 Å². The molecule has 0 amide bonds. The van der Waals surface area contributed by atoms with Gasteiger partial charge in [0.05, 0.1) is 23.4 Å². The predicted octanol–water partition coefficient (Wildman–Crippen LogP) is 2.24. The first-order chi connectivity index (χ1) is 9.69. The Morgan fingerprint density at radius 2 is 2.30 bits per heavy atom. The largest absolute Gasteiger partial charge is 0.417 e. The van der Waals surface area contributed by atoms with Crippen LogP contribution in [0.3, 0.4) is 0 Å². The summed E-state index contributed by atoms with van der Waals surface area (Å²) in [4.78, 5) is 13.5. The van der Waals surface area contributed by atoms with Crippen LogP contribution in [0.1, 0.15) is 19.3 Å². The number of ether oxygens (including phenoxy) is 1. The third-order valence-corrected chi connectivity index (χ3v) is 4.30. The predicted molar refractivity (Wildman–Crippen MR) is 71.3 cm³/mol. The normalized spacial score (nSPS) is 28.4. The molecule has 2 bridgehead atoms. The average Bonchev–Trinajstić information content (AvgIpc) is 3.09. The lowest BCUT2D eigenvalue weighted by Gasteiger charge is -2.19. The monoisotopic (exact) mass is 278 g/mol. The summed E-state index contributed by atoms with van der Waals surface area (Å²) < 4.78 is 24.7. The number of hydrogen-bond donors (Lipinski definition) is 2. The molecule has 0 spiro atoms. The lowest BCUT2D eigenvalue weighted by molar-refractivity contribution is 0.0941. The number of halogens is 1. The fourth-order valence-electron chi connectivity index (χ4n) is 3.31.